The van der Waals surface area contributed by atoms with Crippen LogP contribution in [0.3, 0.4) is 0 Å². The Kier molecular flexibility index (Phi) is 6.75. The number of carbonyl (C=O) groups excluding carboxylic acids is 1. The predicted octanol–water partition coefficient (Wildman–Crippen LogP) is 3.68. The number of piperidine rings is 1. The fourth-order valence-corrected chi connectivity index (χ4v) is 5.66. The highest BCUT2D eigenvalue weighted by Crippen LogP contribution is 2.38. The quantitative estimate of drug-likeness (QED) is 0.696. The molecule has 0 aliphatic carbocycles. The number of hydrogen-bond acceptors (Lipinski definition) is 4. The van der Waals surface area contributed by atoms with Gasteiger partial charge < -0.3 is 10.5 Å². The first kappa shape index (κ1) is 22.6. The molecule has 1 heterocycles. The van der Waals surface area contributed by atoms with Crippen LogP contribution in [0.1, 0.15) is 30.4 Å². The minimum Gasteiger partial charge on any atom is -0.493 e. The normalized spacial score (nSPS) is 16.9. The van der Waals surface area contributed by atoms with Crippen LogP contribution in [0.25, 0.3) is 0 Å². The van der Waals surface area contributed by atoms with E-state index in [9.17, 15) is 13.2 Å². The van der Waals surface area contributed by atoms with E-state index in [1.165, 1.54) is 4.31 Å². The topological polar surface area (TPSA) is 89.7 Å². The van der Waals surface area contributed by atoms with Gasteiger partial charge >= 0.3 is 0 Å². The van der Waals surface area contributed by atoms with E-state index in [-0.39, 0.29) is 13.0 Å². The maximum Gasteiger partial charge on any atom is 0.243 e. The molecule has 0 saturated carbocycles. The lowest BCUT2D eigenvalue weighted by molar-refractivity contribution is -0.121. The summed E-state index contributed by atoms with van der Waals surface area (Å²) >= 11 is 6.07. The molecule has 1 amide bonds. The maximum atomic E-state index is 13.1. The summed E-state index contributed by atoms with van der Waals surface area (Å²) in [6.45, 7) is 4.59. The molecule has 2 aromatic carbocycles. The van der Waals surface area contributed by atoms with Gasteiger partial charge in [-0.1, -0.05) is 29.8 Å². The zero-order chi connectivity index (χ0) is 21.9. The predicted molar refractivity (Wildman–Crippen MR) is 117 cm³/mol. The number of nitrogens with zero attached hydrogens (tertiary/aromatic N) is 1. The summed E-state index contributed by atoms with van der Waals surface area (Å²) in [6, 6.07) is 12.4. The Morgan fingerprint density at radius 2 is 1.80 bits per heavy atom. The highest BCUT2D eigenvalue weighted by atomic mass is 35.5. The van der Waals surface area contributed by atoms with Crippen molar-refractivity contribution in [3.8, 4) is 5.75 Å². The minimum absolute atomic E-state index is 0.151. The Hall–Kier alpha value is -2.09. The minimum atomic E-state index is -3.59. The van der Waals surface area contributed by atoms with Crippen LogP contribution in [0.5, 0.6) is 5.75 Å². The van der Waals surface area contributed by atoms with Gasteiger partial charge in [0.25, 0.3) is 0 Å². The van der Waals surface area contributed by atoms with Gasteiger partial charge in [-0.3, -0.25) is 4.79 Å². The van der Waals surface area contributed by atoms with E-state index in [1.807, 2.05) is 19.1 Å². The van der Waals surface area contributed by atoms with Crippen molar-refractivity contribution in [2.24, 2.45) is 11.1 Å². The zero-order valence-electron chi connectivity index (χ0n) is 17.2. The lowest BCUT2D eigenvalue weighted by atomic mass is 9.76. The number of benzene rings is 2. The molecule has 0 unspecified atom stereocenters. The van der Waals surface area contributed by atoms with Crippen LogP contribution >= 0.6 is 11.6 Å². The van der Waals surface area contributed by atoms with E-state index < -0.39 is 21.3 Å². The number of sulfonamides is 1. The molecule has 3 rings (SSSR count). The first-order chi connectivity index (χ1) is 14.1. The van der Waals surface area contributed by atoms with Gasteiger partial charge in [-0.05, 0) is 62.1 Å². The lowest BCUT2D eigenvalue weighted by Gasteiger charge is -2.40. The van der Waals surface area contributed by atoms with Crippen LogP contribution in [0.2, 0.25) is 5.02 Å². The average Bonchev–Trinajstić information content (AvgIpc) is 2.69. The molecule has 0 aromatic heterocycles. The van der Waals surface area contributed by atoms with Gasteiger partial charge in [0.2, 0.25) is 15.9 Å². The third kappa shape index (κ3) is 4.96. The fourth-order valence-electron chi connectivity index (χ4n) is 3.87. The second-order valence-corrected chi connectivity index (χ2v) is 10.3. The largest absolute Gasteiger partial charge is 0.493 e. The zero-order valence-corrected chi connectivity index (χ0v) is 18.8. The second kappa shape index (κ2) is 8.96. The van der Waals surface area contributed by atoms with Crippen molar-refractivity contribution in [3.63, 3.8) is 0 Å². The first-order valence-electron chi connectivity index (χ1n) is 9.86. The monoisotopic (exact) mass is 450 g/mol. The molecule has 0 spiro atoms. The lowest BCUT2D eigenvalue weighted by Crippen LogP contribution is -2.47. The molecule has 2 N–H and O–H groups in total. The second-order valence-electron chi connectivity index (χ2n) is 8.01. The van der Waals surface area contributed by atoms with E-state index in [0.29, 0.717) is 47.2 Å². The van der Waals surface area contributed by atoms with E-state index in [4.69, 9.17) is 22.1 Å². The smallest absolute Gasteiger partial charge is 0.243 e. The number of primary amides is 1. The van der Waals surface area contributed by atoms with Crippen molar-refractivity contribution in [3.05, 3.63) is 58.6 Å². The van der Waals surface area contributed by atoms with Crippen molar-refractivity contribution >= 4 is 27.5 Å². The number of aryl methyl sites for hydroxylation is 2. The van der Waals surface area contributed by atoms with Crippen LogP contribution in [0, 0.1) is 19.3 Å². The molecular formula is C22H27ClN2O4S. The Balaban J connectivity index is 1.74. The van der Waals surface area contributed by atoms with E-state index in [0.717, 1.165) is 5.56 Å². The van der Waals surface area contributed by atoms with Crippen molar-refractivity contribution < 1.29 is 17.9 Å². The molecule has 8 heteroatoms. The van der Waals surface area contributed by atoms with Crippen molar-refractivity contribution in [1.82, 2.24) is 4.31 Å². The molecule has 6 nitrogen and oxygen atoms in total. The molecule has 1 aliphatic heterocycles. The standard InChI is InChI=1S/C22H27ClN2O4S/c1-16-5-3-4-6-20(16)30(27,28)25-11-9-22(10-12-25,14-21(24)26)15-29-18-7-8-19(23)17(2)13-18/h3-8,13H,9-12,14-15H2,1-2H3,(H2,24,26). The van der Waals surface area contributed by atoms with E-state index >= 15 is 0 Å². The van der Waals surface area contributed by atoms with Crippen LogP contribution in [-0.4, -0.2) is 38.3 Å². The van der Waals surface area contributed by atoms with Gasteiger partial charge in [-0.25, -0.2) is 8.42 Å². The highest BCUT2D eigenvalue weighted by molar-refractivity contribution is 7.89. The summed E-state index contributed by atoms with van der Waals surface area (Å²) in [6.07, 6.45) is 1.14. The fraction of sp³-hybridized carbons (Fsp3) is 0.409. The van der Waals surface area contributed by atoms with Crippen LogP contribution in [-0.2, 0) is 14.8 Å². The number of rotatable bonds is 7. The highest BCUT2D eigenvalue weighted by Gasteiger charge is 2.40. The third-order valence-corrected chi connectivity index (χ3v) is 8.20. The van der Waals surface area contributed by atoms with Gasteiger partial charge in [-0.15, -0.1) is 0 Å². The number of halogens is 1. The molecule has 1 saturated heterocycles. The number of amides is 1. The Morgan fingerprint density at radius 3 is 2.40 bits per heavy atom. The molecule has 0 radical (unpaired) electrons. The number of ether oxygens (including phenoxy) is 1. The van der Waals surface area contributed by atoms with Crippen LogP contribution in [0.4, 0.5) is 0 Å². The first-order valence-corrected chi connectivity index (χ1v) is 11.7. The van der Waals surface area contributed by atoms with Gasteiger partial charge in [-0.2, -0.15) is 4.31 Å². The van der Waals surface area contributed by atoms with Crippen LogP contribution < -0.4 is 10.5 Å². The summed E-state index contributed by atoms with van der Waals surface area (Å²) in [7, 11) is -3.59. The summed E-state index contributed by atoms with van der Waals surface area (Å²) in [5.41, 5.74) is 6.62. The maximum absolute atomic E-state index is 13.1. The summed E-state index contributed by atoms with van der Waals surface area (Å²) in [5, 5.41) is 0.656. The molecule has 1 aliphatic rings. The van der Waals surface area contributed by atoms with Crippen molar-refractivity contribution in [2.45, 2.75) is 38.0 Å². The number of carbonyl (C=O) groups is 1. The van der Waals surface area contributed by atoms with E-state index in [1.54, 1.807) is 37.3 Å². The Morgan fingerprint density at radius 1 is 1.13 bits per heavy atom. The number of hydrogen-bond donors (Lipinski definition) is 1. The number of nitrogens with two attached hydrogens (primary N) is 1. The molecular weight excluding hydrogens is 424 g/mol. The summed E-state index contributed by atoms with van der Waals surface area (Å²) in [4.78, 5) is 12.1. The van der Waals surface area contributed by atoms with Crippen molar-refractivity contribution in [2.75, 3.05) is 19.7 Å². The Bertz CT molecular complexity index is 1030. The molecule has 30 heavy (non-hydrogen) atoms. The van der Waals surface area contributed by atoms with Gasteiger partial charge in [0.1, 0.15) is 5.75 Å². The van der Waals surface area contributed by atoms with Crippen molar-refractivity contribution in [1.29, 1.82) is 0 Å². The molecule has 0 atom stereocenters. The summed E-state index contributed by atoms with van der Waals surface area (Å²) in [5.74, 6) is 0.247. The summed E-state index contributed by atoms with van der Waals surface area (Å²) < 4.78 is 33.6. The molecule has 162 valence electrons. The SMILES string of the molecule is Cc1cc(OCC2(CC(N)=O)CCN(S(=O)(=O)c3ccccc3C)CC2)ccc1Cl. The molecule has 1 fully saturated rings. The van der Waals surface area contributed by atoms with Crippen LogP contribution in [0.15, 0.2) is 47.4 Å². The van der Waals surface area contributed by atoms with Gasteiger partial charge in [0, 0.05) is 29.9 Å². The van der Waals surface area contributed by atoms with E-state index in [2.05, 4.69) is 0 Å². The molecule has 2 aromatic rings. The van der Waals surface area contributed by atoms with Gasteiger partial charge in [0.15, 0.2) is 0 Å². The van der Waals surface area contributed by atoms with Gasteiger partial charge in [0.05, 0.1) is 11.5 Å². The average molecular weight is 451 g/mol. The third-order valence-electron chi connectivity index (χ3n) is 5.72. The molecule has 0 bridgehead atoms. The Labute approximate surface area is 183 Å².